The van der Waals surface area contributed by atoms with Crippen LogP contribution in [0.25, 0.3) is 0 Å². The van der Waals surface area contributed by atoms with Crippen LogP contribution in [0, 0.1) is 29.8 Å². The van der Waals surface area contributed by atoms with Gasteiger partial charge in [0.05, 0.1) is 4.92 Å². The molecule has 0 saturated carbocycles. The number of carbonyl (C=O) groups is 1. The number of halogens is 1. The van der Waals surface area contributed by atoms with Gasteiger partial charge in [-0.3, -0.25) is 14.9 Å². The van der Waals surface area contributed by atoms with Gasteiger partial charge < -0.3 is 5.32 Å². The fraction of sp³-hybridized carbons (Fsp3) is 0.133. The van der Waals surface area contributed by atoms with Crippen LogP contribution in [0.5, 0.6) is 0 Å². The smallest absolute Gasteiger partial charge is 0.282 e. The number of nitro groups is 1. The number of carbonyl (C=O) groups excluding carboxylic acids is 1. The van der Waals surface area contributed by atoms with Crippen molar-refractivity contribution in [1.29, 1.82) is 0 Å². The maximum atomic E-state index is 13.2. The summed E-state index contributed by atoms with van der Waals surface area (Å²) < 4.78 is 13.2. The molecule has 0 bridgehead atoms. The van der Waals surface area contributed by atoms with E-state index in [0.29, 0.717) is 5.69 Å². The van der Waals surface area contributed by atoms with Gasteiger partial charge in [0, 0.05) is 11.8 Å². The molecule has 0 fully saturated rings. The third kappa shape index (κ3) is 3.22. The van der Waals surface area contributed by atoms with Gasteiger partial charge >= 0.3 is 0 Å². The molecule has 0 aliphatic carbocycles. The van der Waals surface area contributed by atoms with Crippen molar-refractivity contribution in [3.63, 3.8) is 0 Å². The lowest BCUT2D eigenvalue weighted by Gasteiger charge is -2.08. The Bertz CT molecular complexity index is 729. The zero-order valence-corrected chi connectivity index (χ0v) is 11.5. The molecule has 0 spiro atoms. The number of hydrogen-bond donors (Lipinski definition) is 1. The first-order valence-corrected chi connectivity index (χ1v) is 6.21. The van der Waals surface area contributed by atoms with Crippen LogP contribution in [0.3, 0.4) is 0 Å². The van der Waals surface area contributed by atoms with E-state index >= 15 is 0 Å². The molecule has 0 heterocycles. The lowest BCUT2D eigenvalue weighted by Crippen LogP contribution is -2.14. The van der Waals surface area contributed by atoms with Gasteiger partial charge in [0.1, 0.15) is 11.4 Å². The maximum absolute atomic E-state index is 13.2. The fourth-order valence-corrected chi connectivity index (χ4v) is 1.87. The molecular formula is C15H13FN2O3. The summed E-state index contributed by atoms with van der Waals surface area (Å²) in [6.45, 7) is 3.81. The van der Waals surface area contributed by atoms with Crippen molar-refractivity contribution in [2.45, 2.75) is 13.8 Å². The lowest BCUT2D eigenvalue weighted by atomic mass is 10.1. The molecule has 21 heavy (non-hydrogen) atoms. The number of rotatable bonds is 3. The van der Waals surface area contributed by atoms with Gasteiger partial charge in [0.25, 0.3) is 11.6 Å². The summed E-state index contributed by atoms with van der Waals surface area (Å²) in [4.78, 5) is 22.3. The van der Waals surface area contributed by atoms with Crippen LogP contribution < -0.4 is 5.32 Å². The molecule has 5 nitrogen and oxygen atoms in total. The van der Waals surface area contributed by atoms with Gasteiger partial charge in [-0.15, -0.1) is 0 Å². The molecule has 1 N–H and O–H groups in total. The molecule has 108 valence electrons. The van der Waals surface area contributed by atoms with Crippen molar-refractivity contribution >= 4 is 17.3 Å². The predicted molar refractivity (Wildman–Crippen MR) is 76.9 cm³/mol. The van der Waals surface area contributed by atoms with Gasteiger partial charge in [-0.1, -0.05) is 6.07 Å². The van der Waals surface area contributed by atoms with Crippen LogP contribution in [-0.2, 0) is 0 Å². The summed E-state index contributed by atoms with van der Waals surface area (Å²) in [5, 5.41) is 13.4. The molecule has 1 amide bonds. The van der Waals surface area contributed by atoms with E-state index < -0.39 is 22.3 Å². The van der Waals surface area contributed by atoms with Gasteiger partial charge in [-0.2, -0.15) is 0 Å². The first-order valence-electron chi connectivity index (χ1n) is 6.21. The zero-order chi connectivity index (χ0) is 15.6. The second kappa shape index (κ2) is 5.70. The largest absolute Gasteiger partial charge is 0.322 e. The van der Waals surface area contributed by atoms with E-state index in [0.717, 1.165) is 29.3 Å². The van der Waals surface area contributed by atoms with E-state index in [-0.39, 0.29) is 5.56 Å². The van der Waals surface area contributed by atoms with Crippen LogP contribution in [0.1, 0.15) is 21.5 Å². The minimum Gasteiger partial charge on any atom is -0.322 e. The highest BCUT2D eigenvalue weighted by atomic mass is 19.1. The normalized spacial score (nSPS) is 10.2. The highest BCUT2D eigenvalue weighted by Crippen LogP contribution is 2.22. The average Bonchev–Trinajstić information content (AvgIpc) is 2.42. The van der Waals surface area contributed by atoms with Gasteiger partial charge in [0.2, 0.25) is 0 Å². The van der Waals surface area contributed by atoms with E-state index in [1.165, 1.54) is 0 Å². The maximum Gasteiger partial charge on any atom is 0.282 e. The summed E-state index contributed by atoms with van der Waals surface area (Å²) in [6.07, 6.45) is 0. The fourth-order valence-electron chi connectivity index (χ4n) is 1.87. The van der Waals surface area contributed by atoms with Crippen molar-refractivity contribution in [2.75, 3.05) is 5.32 Å². The van der Waals surface area contributed by atoms with Crippen molar-refractivity contribution in [3.8, 4) is 0 Å². The molecule has 0 atom stereocenters. The Kier molecular flexibility index (Phi) is 3.98. The molecule has 0 aliphatic rings. The predicted octanol–water partition coefficient (Wildman–Crippen LogP) is 3.60. The van der Waals surface area contributed by atoms with Crippen LogP contribution in [0.15, 0.2) is 36.4 Å². The second-order valence-electron chi connectivity index (χ2n) is 4.67. The Labute approximate surface area is 120 Å². The van der Waals surface area contributed by atoms with Gasteiger partial charge in [0.15, 0.2) is 0 Å². The van der Waals surface area contributed by atoms with E-state index in [2.05, 4.69) is 5.32 Å². The van der Waals surface area contributed by atoms with E-state index in [1.54, 1.807) is 12.1 Å². The average molecular weight is 288 g/mol. The van der Waals surface area contributed by atoms with Gasteiger partial charge in [-0.25, -0.2) is 4.39 Å². The molecular weight excluding hydrogens is 275 g/mol. The van der Waals surface area contributed by atoms with Crippen LogP contribution in [-0.4, -0.2) is 10.8 Å². The third-order valence-corrected chi connectivity index (χ3v) is 3.16. The molecule has 0 aromatic heterocycles. The van der Waals surface area contributed by atoms with Crippen molar-refractivity contribution in [1.82, 2.24) is 0 Å². The Morgan fingerprint density at radius 3 is 2.48 bits per heavy atom. The summed E-state index contributed by atoms with van der Waals surface area (Å²) in [5.74, 6) is -1.42. The Morgan fingerprint density at radius 1 is 1.14 bits per heavy atom. The molecule has 0 saturated heterocycles. The van der Waals surface area contributed by atoms with Gasteiger partial charge in [-0.05, 0) is 49.2 Å². The molecule has 2 aromatic rings. The minimum atomic E-state index is -0.718. The number of benzene rings is 2. The Hall–Kier alpha value is -2.76. The van der Waals surface area contributed by atoms with Crippen molar-refractivity contribution in [2.24, 2.45) is 0 Å². The van der Waals surface area contributed by atoms with Crippen molar-refractivity contribution < 1.29 is 14.1 Å². The number of amides is 1. The number of hydrogen-bond acceptors (Lipinski definition) is 3. The van der Waals surface area contributed by atoms with Crippen LogP contribution in [0.4, 0.5) is 15.8 Å². The molecule has 2 rings (SSSR count). The van der Waals surface area contributed by atoms with Crippen molar-refractivity contribution in [3.05, 3.63) is 69.0 Å². The monoisotopic (exact) mass is 288 g/mol. The van der Waals surface area contributed by atoms with E-state index in [1.807, 2.05) is 19.9 Å². The quantitative estimate of drug-likeness (QED) is 0.692. The molecule has 2 aromatic carbocycles. The first-order chi connectivity index (χ1) is 9.88. The van der Waals surface area contributed by atoms with Crippen LogP contribution in [0.2, 0.25) is 0 Å². The first kappa shape index (κ1) is 14.6. The second-order valence-corrected chi connectivity index (χ2v) is 4.67. The SMILES string of the molecule is Cc1ccc(NC(=O)c2cc(F)ccc2[N+](=O)[O-])cc1C. The number of nitrogens with zero attached hydrogens (tertiary/aromatic N) is 1. The summed E-state index contributed by atoms with van der Waals surface area (Å²) in [7, 11) is 0. The standard InChI is InChI=1S/C15H13FN2O3/c1-9-3-5-12(7-10(9)2)17-15(19)13-8-11(16)4-6-14(13)18(20)21/h3-8H,1-2H3,(H,17,19). The number of aryl methyl sites for hydroxylation is 2. The Balaban J connectivity index is 2.34. The van der Waals surface area contributed by atoms with E-state index in [4.69, 9.17) is 0 Å². The van der Waals surface area contributed by atoms with Crippen LogP contribution >= 0.6 is 0 Å². The topological polar surface area (TPSA) is 72.2 Å². The van der Waals surface area contributed by atoms with E-state index in [9.17, 15) is 19.3 Å². The summed E-state index contributed by atoms with van der Waals surface area (Å²) >= 11 is 0. The zero-order valence-electron chi connectivity index (χ0n) is 11.5. The highest BCUT2D eigenvalue weighted by molar-refractivity contribution is 6.07. The third-order valence-electron chi connectivity index (χ3n) is 3.16. The molecule has 0 aliphatic heterocycles. The summed E-state index contributed by atoms with van der Waals surface area (Å²) in [5.41, 5.74) is 1.80. The Morgan fingerprint density at radius 2 is 1.86 bits per heavy atom. The molecule has 0 radical (unpaired) electrons. The highest BCUT2D eigenvalue weighted by Gasteiger charge is 2.21. The number of nitro benzene ring substituents is 1. The lowest BCUT2D eigenvalue weighted by molar-refractivity contribution is -0.385. The molecule has 0 unspecified atom stereocenters. The number of anilines is 1. The molecule has 6 heteroatoms. The summed E-state index contributed by atoms with van der Waals surface area (Å²) in [6, 6.07) is 8.04. The minimum absolute atomic E-state index is 0.307. The number of nitrogens with one attached hydrogen (secondary N) is 1.